The summed E-state index contributed by atoms with van der Waals surface area (Å²) < 4.78 is 8.78. The summed E-state index contributed by atoms with van der Waals surface area (Å²) in [5, 5.41) is 8.59. The van der Waals surface area contributed by atoms with Gasteiger partial charge in [0.25, 0.3) is 0 Å². The molecular formula is C12H24O6. The fourth-order valence-corrected chi connectivity index (χ4v) is 0.533. The van der Waals surface area contributed by atoms with E-state index in [4.69, 9.17) is 9.84 Å². The summed E-state index contributed by atoms with van der Waals surface area (Å²) in [5.41, 5.74) is 0. The van der Waals surface area contributed by atoms with Crippen molar-refractivity contribution >= 4 is 17.7 Å². The zero-order valence-corrected chi connectivity index (χ0v) is 9.56. The van der Waals surface area contributed by atoms with Crippen molar-refractivity contribution in [3.8, 4) is 0 Å². The van der Waals surface area contributed by atoms with Gasteiger partial charge in [-0.15, -0.1) is 0 Å². The number of ether oxygens (including phenoxy) is 2. The van der Waals surface area contributed by atoms with Crippen LogP contribution in [0.1, 0.15) is 42.0 Å². The Morgan fingerprint density at radius 3 is 2.00 bits per heavy atom. The first-order valence-electron chi connectivity index (χ1n) is 4.86. The number of aliphatic hydroxyl groups is 1. The second-order valence-corrected chi connectivity index (χ2v) is 3.49. The second-order valence-electron chi connectivity index (χ2n) is 3.49. The maximum atomic E-state index is 10.6. The molecule has 0 amide bonds. The third kappa shape index (κ3) is 14.7. The van der Waals surface area contributed by atoms with Gasteiger partial charge >= 0.3 is 11.9 Å². The monoisotopic (exact) mass is 264 g/mol. The lowest BCUT2D eigenvalue weighted by Gasteiger charge is -2.02. The molecule has 18 heavy (non-hydrogen) atoms. The number of rotatable bonds is 3. The standard InChI is InChI=1S/C7H10O5.C3H6O.2CH4/c1-4(8)3-6(10)12-7(11)5(2)9;1-3-2-4-3;;/h5,9H,3H2,1-2H3;3H,2H2,1H3;2*1H4. The molecule has 1 rings (SSSR count). The molecule has 0 aromatic rings. The van der Waals surface area contributed by atoms with E-state index in [0.29, 0.717) is 6.10 Å². The molecule has 2 unspecified atom stereocenters. The summed E-state index contributed by atoms with van der Waals surface area (Å²) in [4.78, 5) is 31.5. The molecule has 1 heterocycles. The van der Waals surface area contributed by atoms with E-state index in [0.717, 1.165) is 6.61 Å². The Balaban J connectivity index is -0.000000318. The topological polar surface area (TPSA) is 93.2 Å². The van der Waals surface area contributed by atoms with E-state index in [1.165, 1.54) is 13.8 Å². The molecule has 1 saturated heterocycles. The first kappa shape index (κ1) is 22.0. The van der Waals surface area contributed by atoms with Crippen LogP contribution in [-0.2, 0) is 23.9 Å². The maximum Gasteiger partial charge on any atom is 0.342 e. The van der Waals surface area contributed by atoms with Crippen LogP contribution in [0.2, 0.25) is 0 Å². The molecule has 108 valence electrons. The molecule has 6 heteroatoms. The van der Waals surface area contributed by atoms with Gasteiger partial charge in [0.1, 0.15) is 18.3 Å². The van der Waals surface area contributed by atoms with Crippen molar-refractivity contribution in [1.82, 2.24) is 0 Å². The number of hydrogen-bond acceptors (Lipinski definition) is 6. The van der Waals surface area contributed by atoms with Crippen molar-refractivity contribution in [2.24, 2.45) is 0 Å². The van der Waals surface area contributed by atoms with Gasteiger partial charge in [-0.2, -0.15) is 0 Å². The van der Waals surface area contributed by atoms with Crippen LogP contribution in [0.15, 0.2) is 0 Å². The summed E-state index contributed by atoms with van der Waals surface area (Å²) in [7, 11) is 0. The van der Waals surface area contributed by atoms with E-state index in [9.17, 15) is 14.4 Å². The van der Waals surface area contributed by atoms with Crippen LogP contribution in [-0.4, -0.2) is 41.6 Å². The van der Waals surface area contributed by atoms with Crippen molar-refractivity contribution in [2.75, 3.05) is 6.61 Å². The SMILES string of the molecule is C.C.CC(=O)CC(=O)OC(=O)C(C)O.CC1CO1. The van der Waals surface area contributed by atoms with E-state index in [1.54, 1.807) is 0 Å². The number of carbonyl (C=O) groups excluding carboxylic acids is 3. The van der Waals surface area contributed by atoms with E-state index >= 15 is 0 Å². The molecule has 6 nitrogen and oxygen atoms in total. The summed E-state index contributed by atoms with van der Waals surface area (Å²) in [6, 6.07) is 0. The van der Waals surface area contributed by atoms with Gasteiger partial charge in [-0.25, -0.2) is 4.79 Å². The smallest absolute Gasteiger partial charge is 0.342 e. The predicted molar refractivity (Wildman–Crippen MR) is 67.0 cm³/mol. The molecule has 2 atom stereocenters. The quantitative estimate of drug-likeness (QED) is 0.466. The maximum absolute atomic E-state index is 10.6. The lowest BCUT2D eigenvalue weighted by atomic mass is 10.3. The highest BCUT2D eigenvalue weighted by molar-refractivity contribution is 5.98. The fourth-order valence-electron chi connectivity index (χ4n) is 0.533. The molecule has 1 fully saturated rings. The third-order valence-electron chi connectivity index (χ3n) is 1.45. The number of hydrogen-bond donors (Lipinski definition) is 1. The van der Waals surface area contributed by atoms with Crippen molar-refractivity contribution in [3.63, 3.8) is 0 Å². The fraction of sp³-hybridized carbons (Fsp3) is 0.750. The molecule has 1 N–H and O–H groups in total. The highest BCUT2D eigenvalue weighted by Crippen LogP contribution is 2.04. The largest absolute Gasteiger partial charge is 0.391 e. The Morgan fingerprint density at radius 1 is 1.39 bits per heavy atom. The molecule has 0 saturated carbocycles. The van der Waals surface area contributed by atoms with Crippen LogP contribution in [0.25, 0.3) is 0 Å². The molecule has 0 aliphatic carbocycles. The number of Topliss-reactive ketones (excluding diaryl/α,β-unsaturated/α-hetero) is 1. The third-order valence-corrected chi connectivity index (χ3v) is 1.45. The zero-order chi connectivity index (χ0) is 12.7. The number of ketones is 1. The molecule has 1 aliphatic rings. The molecule has 0 bridgehead atoms. The normalized spacial score (nSPS) is 16.8. The van der Waals surface area contributed by atoms with Gasteiger partial charge in [-0.05, 0) is 20.8 Å². The average Bonchev–Trinajstić information content (AvgIpc) is 2.86. The van der Waals surface area contributed by atoms with Gasteiger partial charge in [0.15, 0.2) is 0 Å². The summed E-state index contributed by atoms with van der Waals surface area (Å²) in [6.07, 6.45) is -1.21. The van der Waals surface area contributed by atoms with E-state index in [1.807, 2.05) is 0 Å². The average molecular weight is 264 g/mol. The van der Waals surface area contributed by atoms with Crippen LogP contribution in [0.4, 0.5) is 0 Å². The van der Waals surface area contributed by atoms with E-state index in [-0.39, 0.29) is 14.9 Å². The molecule has 0 radical (unpaired) electrons. The Bertz CT molecular complexity index is 268. The Hall–Kier alpha value is -1.27. The second kappa shape index (κ2) is 10.9. The van der Waals surface area contributed by atoms with Gasteiger partial charge in [0, 0.05) is 0 Å². The molecule has 0 aromatic heterocycles. The summed E-state index contributed by atoms with van der Waals surface area (Å²) in [6.45, 7) is 5.41. The van der Waals surface area contributed by atoms with Gasteiger partial charge in [-0.1, -0.05) is 14.9 Å². The Labute approximate surface area is 108 Å². The minimum Gasteiger partial charge on any atom is -0.391 e. The van der Waals surface area contributed by atoms with Crippen LogP contribution in [0, 0.1) is 0 Å². The molecular weight excluding hydrogens is 240 g/mol. The minimum absolute atomic E-state index is 0. The molecule has 1 aliphatic heterocycles. The Morgan fingerprint density at radius 2 is 1.78 bits per heavy atom. The van der Waals surface area contributed by atoms with Crippen LogP contribution in [0.5, 0.6) is 0 Å². The minimum atomic E-state index is -1.35. The number of aliphatic hydroxyl groups excluding tert-OH is 1. The highest BCUT2D eigenvalue weighted by Gasteiger charge is 2.16. The molecule has 0 spiro atoms. The number of epoxide rings is 1. The van der Waals surface area contributed by atoms with Crippen LogP contribution >= 0.6 is 0 Å². The first-order chi connectivity index (χ1) is 7.32. The van der Waals surface area contributed by atoms with Crippen LogP contribution in [0.3, 0.4) is 0 Å². The summed E-state index contributed by atoms with van der Waals surface area (Å²) >= 11 is 0. The van der Waals surface area contributed by atoms with E-state index < -0.39 is 30.2 Å². The van der Waals surface area contributed by atoms with Crippen molar-refractivity contribution in [1.29, 1.82) is 0 Å². The van der Waals surface area contributed by atoms with Crippen molar-refractivity contribution in [2.45, 2.75) is 54.3 Å². The lowest BCUT2D eigenvalue weighted by Crippen LogP contribution is -2.23. The van der Waals surface area contributed by atoms with Crippen molar-refractivity contribution < 1.29 is 29.0 Å². The number of esters is 2. The van der Waals surface area contributed by atoms with Gasteiger partial charge in [-0.3, -0.25) is 9.59 Å². The predicted octanol–water partition coefficient (Wildman–Crippen LogP) is 1.09. The van der Waals surface area contributed by atoms with Crippen molar-refractivity contribution in [3.05, 3.63) is 0 Å². The van der Waals surface area contributed by atoms with Gasteiger partial charge in [0.05, 0.1) is 12.7 Å². The van der Waals surface area contributed by atoms with E-state index in [2.05, 4.69) is 11.7 Å². The van der Waals surface area contributed by atoms with Gasteiger partial charge < -0.3 is 14.6 Å². The van der Waals surface area contributed by atoms with Crippen LogP contribution < -0.4 is 0 Å². The zero-order valence-electron chi connectivity index (χ0n) is 9.56. The van der Waals surface area contributed by atoms with Gasteiger partial charge in [0.2, 0.25) is 0 Å². The lowest BCUT2D eigenvalue weighted by molar-refractivity contribution is -0.165. The molecule has 0 aromatic carbocycles. The first-order valence-corrected chi connectivity index (χ1v) is 4.86. The summed E-state index contributed by atoms with van der Waals surface area (Å²) in [5.74, 6) is -2.37. The number of carbonyl (C=O) groups is 3. The highest BCUT2D eigenvalue weighted by atomic mass is 16.6. The Kier molecular flexibility index (Phi) is 13.2.